The van der Waals surface area contributed by atoms with Crippen LogP contribution in [-0.4, -0.2) is 35.1 Å². The molecule has 3 rings (SSSR count). The highest BCUT2D eigenvalue weighted by Gasteiger charge is 2.31. The number of nitrogens with zero attached hydrogens (tertiary/aromatic N) is 1. The van der Waals surface area contributed by atoms with E-state index < -0.39 is 12.0 Å². The molecule has 2 N–H and O–H groups in total. The van der Waals surface area contributed by atoms with Crippen molar-refractivity contribution in [1.82, 2.24) is 0 Å². The van der Waals surface area contributed by atoms with Crippen LogP contribution in [0.5, 0.6) is 0 Å². The van der Waals surface area contributed by atoms with Gasteiger partial charge in [0.05, 0.1) is 5.69 Å². The number of carbonyl (C=O) groups is 1. The predicted molar refractivity (Wildman–Crippen MR) is 74.1 cm³/mol. The molecule has 2 unspecified atom stereocenters. The van der Waals surface area contributed by atoms with Crippen LogP contribution in [-0.2, 0) is 4.79 Å². The molecule has 1 fully saturated rings. The minimum atomic E-state index is -1.26. The maximum atomic E-state index is 14.2. The summed E-state index contributed by atoms with van der Waals surface area (Å²) in [5, 5.41) is 12.2. The third-order valence-electron chi connectivity index (χ3n) is 3.60. The van der Waals surface area contributed by atoms with Gasteiger partial charge in [-0.3, -0.25) is 4.79 Å². The number of fused-ring (bicyclic) bond motifs is 1. The predicted octanol–water partition coefficient (Wildman–Crippen LogP) is 1.75. The van der Waals surface area contributed by atoms with Crippen LogP contribution in [0, 0.1) is 5.82 Å². The molecule has 0 radical (unpaired) electrons. The van der Waals surface area contributed by atoms with E-state index in [1.165, 1.54) is 6.07 Å². The van der Waals surface area contributed by atoms with Crippen LogP contribution in [0.1, 0.15) is 18.6 Å². The van der Waals surface area contributed by atoms with Gasteiger partial charge in [-0.1, -0.05) is 0 Å². The average molecular weight is 282 g/mol. The van der Waals surface area contributed by atoms with Gasteiger partial charge in [0, 0.05) is 35.3 Å². The van der Waals surface area contributed by atoms with E-state index in [9.17, 15) is 14.3 Å². The van der Waals surface area contributed by atoms with Crippen LogP contribution in [0.2, 0.25) is 0 Å². The minimum Gasteiger partial charge on any atom is -0.378 e. The zero-order chi connectivity index (χ0) is 13.6. The summed E-state index contributed by atoms with van der Waals surface area (Å²) >= 11 is 1.86. The fourth-order valence-electron chi connectivity index (χ4n) is 2.56. The lowest BCUT2D eigenvalue weighted by Crippen LogP contribution is -2.40. The fraction of sp³-hybridized carbons (Fsp3) is 0.462. The van der Waals surface area contributed by atoms with Gasteiger partial charge in [0.1, 0.15) is 5.82 Å². The first-order valence-electron chi connectivity index (χ1n) is 6.24. The smallest absolute Gasteiger partial charge is 0.257 e. The molecule has 102 valence electrons. The number of anilines is 2. The van der Waals surface area contributed by atoms with E-state index in [0.29, 0.717) is 16.9 Å². The molecule has 4 nitrogen and oxygen atoms in total. The largest absolute Gasteiger partial charge is 0.378 e. The molecule has 19 heavy (non-hydrogen) atoms. The molecule has 1 aromatic rings. The molecule has 1 amide bonds. The number of amides is 1. The number of hydrogen-bond donors (Lipinski definition) is 2. The molecule has 2 aliphatic heterocycles. The van der Waals surface area contributed by atoms with E-state index in [2.05, 4.69) is 12.2 Å². The summed E-state index contributed by atoms with van der Waals surface area (Å²) in [7, 11) is 0. The third-order valence-corrected chi connectivity index (χ3v) is 4.79. The SMILES string of the molecule is CC1CSCCN1c1cc2c(cc1F)C(O)C(=O)N2. The summed E-state index contributed by atoms with van der Waals surface area (Å²) < 4.78 is 14.2. The molecule has 0 spiro atoms. The molecule has 0 aliphatic carbocycles. The van der Waals surface area contributed by atoms with Gasteiger partial charge in [-0.25, -0.2) is 4.39 Å². The Labute approximate surface area is 115 Å². The molecular weight excluding hydrogens is 267 g/mol. The number of rotatable bonds is 1. The number of nitrogens with one attached hydrogen (secondary N) is 1. The van der Waals surface area contributed by atoms with Crippen molar-refractivity contribution in [3.05, 3.63) is 23.5 Å². The number of aliphatic hydroxyl groups is 1. The second-order valence-electron chi connectivity index (χ2n) is 4.90. The summed E-state index contributed by atoms with van der Waals surface area (Å²) in [6, 6.07) is 3.15. The maximum Gasteiger partial charge on any atom is 0.257 e. The Morgan fingerprint density at radius 1 is 1.53 bits per heavy atom. The second-order valence-corrected chi connectivity index (χ2v) is 6.05. The Kier molecular flexibility index (Phi) is 3.14. The van der Waals surface area contributed by atoms with Crippen LogP contribution in [0.25, 0.3) is 0 Å². The topological polar surface area (TPSA) is 52.6 Å². The molecule has 0 aromatic heterocycles. The van der Waals surface area contributed by atoms with Gasteiger partial charge in [0.15, 0.2) is 6.10 Å². The lowest BCUT2D eigenvalue weighted by atomic mass is 10.1. The van der Waals surface area contributed by atoms with E-state index in [1.54, 1.807) is 6.07 Å². The summed E-state index contributed by atoms with van der Waals surface area (Å²) in [5.41, 5.74) is 1.34. The van der Waals surface area contributed by atoms with E-state index in [0.717, 1.165) is 18.1 Å². The number of carbonyl (C=O) groups excluding carboxylic acids is 1. The molecule has 2 aliphatic rings. The first kappa shape index (κ1) is 12.7. The first-order chi connectivity index (χ1) is 9.08. The Balaban J connectivity index is 2.00. The van der Waals surface area contributed by atoms with Crippen molar-refractivity contribution in [2.24, 2.45) is 0 Å². The number of halogens is 1. The van der Waals surface area contributed by atoms with Crippen molar-refractivity contribution in [1.29, 1.82) is 0 Å². The molecular formula is C13H15FN2O2S. The van der Waals surface area contributed by atoms with Crippen LogP contribution in [0.3, 0.4) is 0 Å². The molecule has 2 heterocycles. The molecule has 2 atom stereocenters. The highest BCUT2D eigenvalue weighted by molar-refractivity contribution is 7.99. The van der Waals surface area contributed by atoms with E-state index in [1.807, 2.05) is 16.7 Å². The Morgan fingerprint density at radius 3 is 3.05 bits per heavy atom. The Bertz CT molecular complexity index is 538. The standard InChI is InChI=1S/C13H15FN2O2S/c1-7-6-19-3-2-16(7)11-5-10-8(4-9(11)14)12(17)13(18)15-10/h4-5,7,12,17H,2-3,6H2,1H3,(H,15,18). The normalized spacial score (nSPS) is 26.3. The van der Waals surface area contributed by atoms with E-state index >= 15 is 0 Å². The maximum absolute atomic E-state index is 14.2. The molecule has 6 heteroatoms. The van der Waals surface area contributed by atoms with Crippen LogP contribution in [0.4, 0.5) is 15.8 Å². The molecule has 1 aromatic carbocycles. The Morgan fingerprint density at radius 2 is 2.32 bits per heavy atom. The molecule has 0 bridgehead atoms. The van der Waals surface area contributed by atoms with Crippen molar-refractivity contribution in [2.75, 3.05) is 28.3 Å². The van der Waals surface area contributed by atoms with Crippen LogP contribution < -0.4 is 10.2 Å². The monoisotopic (exact) mass is 282 g/mol. The number of hydrogen-bond acceptors (Lipinski definition) is 4. The zero-order valence-electron chi connectivity index (χ0n) is 10.5. The van der Waals surface area contributed by atoms with Gasteiger partial charge >= 0.3 is 0 Å². The summed E-state index contributed by atoms with van der Waals surface area (Å²) in [4.78, 5) is 13.4. The molecule has 1 saturated heterocycles. The average Bonchev–Trinajstić information content (AvgIpc) is 2.66. The van der Waals surface area contributed by atoms with Gasteiger partial charge < -0.3 is 15.3 Å². The number of thioether (sulfide) groups is 1. The van der Waals surface area contributed by atoms with Gasteiger partial charge in [-0.05, 0) is 19.1 Å². The van der Waals surface area contributed by atoms with Crippen LogP contribution >= 0.6 is 11.8 Å². The summed E-state index contributed by atoms with van der Waals surface area (Å²) in [5.74, 6) is 1.06. The van der Waals surface area contributed by atoms with Gasteiger partial charge in [-0.15, -0.1) is 0 Å². The number of aliphatic hydroxyl groups excluding tert-OH is 1. The van der Waals surface area contributed by atoms with Crippen molar-refractivity contribution in [3.8, 4) is 0 Å². The highest BCUT2D eigenvalue weighted by Crippen LogP contribution is 2.37. The van der Waals surface area contributed by atoms with Crippen LogP contribution in [0.15, 0.2) is 12.1 Å². The van der Waals surface area contributed by atoms with Crippen molar-refractivity contribution in [3.63, 3.8) is 0 Å². The zero-order valence-corrected chi connectivity index (χ0v) is 11.3. The Hall–Kier alpha value is -1.27. The van der Waals surface area contributed by atoms with Crippen molar-refractivity contribution in [2.45, 2.75) is 19.1 Å². The highest BCUT2D eigenvalue weighted by atomic mass is 32.2. The molecule has 0 saturated carbocycles. The van der Waals surface area contributed by atoms with E-state index in [4.69, 9.17) is 0 Å². The van der Waals surface area contributed by atoms with Crippen molar-refractivity contribution >= 4 is 29.0 Å². The number of benzene rings is 1. The first-order valence-corrected chi connectivity index (χ1v) is 7.40. The third kappa shape index (κ3) is 2.08. The van der Waals surface area contributed by atoms with Gasteiger partial charge in [0.2, 0.25) is 0 Å². The van der Waals surface area contributed by atoms with Gasteiger partial charge in [0.25, 0.3) is 5.91 Å². The summed E-state index contributed by atoms with van der Waals surface area (Å²) in [6.07, 6.45) is -1.26. The lowest BCUT2D eigenvalue weighted by molar-refractivity contribution is -0.123. The minimum absolute atomic E-state index is 0.258. The summed E-state index contributed by atoms with van der Waals surface area (Å²) in [6.45, 7) is 2.85. The van der Waals surface area contributed by atoms with Gasteiger partial charge in [-0.2, -0.15) is 11.8 Å². The fourth-order valence-corrected chi connectivity index (χ4v) is 3.57. The second kappa shape index (κ2) is 4.68. The van der Waals surface area contributed by atoms with Crippen molar-refractivity contribution < 1.29 is 14.3 Å². The quantitative estimate of drug-likeness (QED) is 0.824. The van der Waals surface area contributed by atoms with E-state index in [-0.39, 0.29) is 11.9 Å². The lowest BCUT2D eigenvalue weighted by Gasteiger charge is -2.35.